The first-order chi connectivity index (χ1) is 14.9. The topological polar surface area (TPSA) is 42.3 Å². The molecule has 31 heavy (non-hydrogen) atoms. The SMILES string of the molecule is Cc1cc(/C=C2\SC(=O)N(CCCc3ccccc3)C2=O)c(C)n1-c1ccc(I)cc1. The monoisotopic (exact) mass is 542 g/mol. The van der Waals surface area contributed by atoms with Gasteiger partial charge in [0.05, 0.1) is 4.91 Å². The number of thioether (sulfide) groups is 1. The van der Waals surface area contributed by atoms with Crippen LogP contribution >= 0.6 is 34.4 Å². The lowest BCUT2D eigenvalue weighted by atomic mass is 10.1. The number of hydrogen-bond acceptors (Lipinski definition) is 3. The minimum Gasteiger partial charge on any atom is -0.318 e. The molecule has 0 N–H and O–H groups in total. The molecule has 0 radical (unpaired) electrons. The number of carbonyl (C=O) groups is 2. The van der Waals surface area contributed by atoms with Gasteiger partial charge in [-0.1, -0.05) is 30.3 Å². The highest BCUT2D eigenvalue weighted by Gasteiger charge is 2.34. The molecule has 1 aromatic heterocycles. The quantitative estimate of drug-likeness (QED) is 0.269. The summed E-state index contributed by atoms with van der Waals surface area (Å²) in [6.07, 6.45) is 3.46. The molecule has 158 valence electrons. The van der Waals surface area contributed by atoms with Crippen molar-refractivity contribution in [3.63, 3.8) is 0 Å². The highest BCUT2D eigenvalue weighted by molar-refractivity contribution is 14.1. The molecule has 2 amide bonds. The van der Waals surface area contributed by atoms with E-state index in [2.05, 4.69) is 76.5 Å². The van der Waals surface area contributed by atoms with Crippen molar-refractivity contribution in [3.05, 3.63) is 91.7 Å². The Morgan fingerprint density at radius 2 is 1.71 bits per heavy atom. The molecule has 0 saturated carbocycles. The van der Waals surface area contributed by atoms with Crippen LogP contribution in [0.25, 0.3) is 11.8 Å². The average Bonchev–Trinajstić information content (AvgIpc) is 3.19. The van der Waals surface area contributed by atoms with Gasteiger partial charge in [-0.3, -0.25) is 14.5 Å². The lowest BCUT2D eigenvalue weighted by Gasteiger charge is -2.12. The summed E-state index contributed by atoms with van der Waals surface area (Å²) in [5.41, 5.74) is 5.41. The van der Waals surface area contributed by atoms with E-state index in [0.29, 0.717) is 11.4 Å². The van der Waals surface area contributed by atoms with Crippen molar-refractivity contribution in [2.24, 2.45) is 0 Å². The third-order valence-corrected chi connectivity index (χ3v) is 7.03. The number of imide groups is 1. The van der Waals surface area contributed by atoms with Gasteiger partial charge in [-0.15, -0.1) is 0 Å². The Bertz CT molecular complexity index is 1150. The first kappa shape index (κ1) is 21.9. The Morgan fingerprint density at radius 3 is 2.42 bits per heavy atom. The first-order valence-electron chi connectivity index (χ1n) is 10.2. The van der Waals surface area contributed by atoms with Gasteiger partial charge < -0.3 is 4.57 Å². The second kappa shape index (κ2) is 9.44. The molecule has 0 spiro atoms. The molecule has 0 atom stereocenters. The Kier molecular flexibility index (Phi) is 6.67. The number of aromatic nitrogens is 1. The zero-order valence-electron chi connectivity index (χ0n) is 17.5. The van der Waals surface area contributed by atoms with E-state index in [0.717, 1.165) is 47.2 Å². The predicted octanol–water partition coefficient (Wildman–Crippen LogP) is 6.37. The molecule has 4 rings (SSSR count). The van der Waals surface area contributed by atoms with Crippen molar-refractivity contribution in [1.82, 2.24) is 9.47 Å². The molecule has 1 fully saturated rings. The highest BCUT2D eigenvalue weighted by atomic mass is 127. The van der Waals surface area contributed by atoms with E-state index in [1.54, 1.807) is 0 Å². The lowest BCUT2D eigenvalue weighted by Crippen LogP contribution is -2.29. The van der Waals surface area contributed by atoms with Gasteiger partial charge in [0.1, 0.15) is 0 Å². The van der Waals surface area contributed by atoms with Gasteiger partial charge in [-0.25, -0.2) is 0 Å². The Morgan fingerprint density at radius 1 is 1.00 bits per heavy atom. The van der Waals surface area contributed by atoms with Crippen LogP contribution < -0.4 is 0 Å². The molecule has 2 aromatic carbocycles. The van der Waals surface area contributed by atoms with Gasteiger partial charge in [0, 0.05) is 27.2 Å². The van der Waals surface area contributed by atoms with Crippen LogP contribution in [0.2, 0.25) is 0 Å². The average molecular weight is 542 g/mol. The van der Waals surface area contributed by atoms with E-state index in [4.69, 9.17) is 0 Å². The van der Waals surface area contributed by atoms with E-state index in [1.165, 1.54) is 14.0 Å². The second-order valence-electron chi connectivity index (χ2n) is 7.56. The molecule has 0 bridgehead atoms. The lowest BCUT2D eigenvalue weighted by molar-refractivity contribution is -0.122. The molecule has 0 aliphatic carbocycles. The summed E-state index contributed by atoms with van der Waals surface area (Å²) >= 11 is 3.33. The number of aryl methyl sites for hydroxylation is 2. The normalized spacial score (nSPS) is 15.3. The summed E-state index contributed by atoms with van der Waals surface area (Å²) in [5, 5.41) is -0.184. The summed E-state index contributed by atoms with van der Waals surface area (Å²) in [7, 11) is 0. The third-order valence-electron chi connectivity index (χ3n) is 5.41. The van der Waals surface area contributed by atoms with Gasteiger partial charge >= 0.3 is 0 Å². The van der Waals surface area contributed by atoms with Crippen LogP contribution in [-0.4, -0.2) is 27.2 Å². The third kappa shape index (κ3) is 4.80. The Hall–Kier alpha value is -2.32. The maximum absolute atomic E-state index is 12.9. The van der Waals surface area contributed by atoms with Gasteiger partial charge in [-0.05, 0) is 109 Å². The van der Waals surface area contributed by atoms with Crippen LogP contribution in [0.4, 0.5) is 4.79 Å². The van der Waals surface area contributed by atoms with Crippen LogP contribution in [0.1, 0.15) is 28.9 Å². The summed E-state index contributed by atoms with van der Waals surface area (Å²) in [6, 6.07) is 20.5. The number of halogens is 1. The fourth-order valence-corrected chi connectivity index (χ4v) is 5.06. The number of hydrogen-bond donors (Lipinski definition) is 0. The number of rotatable bonds is 6. The molecule has 1 saturated heterocycles. The Balaban J connectivity index is 1.50. The van der Waals surface area contributed by atoms with E-state index in [-0.39, 0.29) is 11.1 Å². The maximum atomic E-state index is 12.9. The van der Waals surface area contributed by atoms with Crippen molar-refractivity contribution in [2.75, 3.05) is 6.54 Å². The van der Waals surface area contributed by atoms with Crippen molar-refractivity contribution >= 4 is 51.6 Å². The number of amides is 2. The number of benzene rings is 2. The van der Waals surface area contributed by atoms with Crippen LogP contribution in [0.5, 0.6) is 0 Å². The minimum absolute atomic E-state index is 0.184. The van der Waals surface area contributed by atoms with Crippen LogP contribution in [0.3, 0.4) is 0 Å². The summed E-state index contributed by atoms with van der Waals surface area (Å²) in [5.74, 6) is -0.192. The zero-order chi connectivity index (χ0) is 22.0. The van der Waals surface area contributed by atoms with Gasteiger partial charge in [0.25, 0.3) is 11.1 Å². The summed E-state index contributed by atoms with van der Waals surface area (Å²) < 4.78 is 3.36. The Labute approximate surface area is 200 Å². The molecule has 4 nitrogen and oxygen atoms in total. The molecule has 1 aliphatic heterocycles. The van der Waals surface area contributed by atoms with E-state index < -0.39 is 0 Å². The van der Waals surface area contributed by atoms with Gasteiger partial charge in [-0.2, -0.15) is 0 Å². The summed E-state index contributed by atoms with van der Waals surface area (Å²) in [4.78, 5) is 27.2. The van der Waals surface area contributed by atoms with Crippen LogP contribution in [-0.2, 0) is 11.2 Å². The van der Waals surface area contributed by atoms with Crippen molar-refractivity contribution < 1.29 is 9.59 Å². The van der Waals surface area contributed by atoms with Crippen LogP contribution in [0, 0.1) is 17.4 Å². The molecular formula is C25H23IN2O2S. The zero-order valence-corrected chi connectivity index (χ0v) is 20.4. The fourth-order valence-electron chi connectivity index (χ4n) is 3.84. The van der Waals surface area contributed by atoms with Crippen molar-refractivity contribution in [2.45, 2.75) is 26.7 Å². The fraction of sp³-hybridized carbons (Fsp3) is 0.200. The second-order valence-corrected chi connectivity index (χ2v) is 9.80. The minimum atomic E-state index is -0.192. The van der Waals surface area contributed by atoms with E-state index in [1.807, 2.05) is 31.2 Å². The molecule has 6 heteroatoms. The van der Waals surface area contributed by atoms with Crippen molar-refractivity contribution in [1.29, 1.82) is 0 Å². The molecule has 0 unspecified atom stereocenters. The van der Waals surface area contributed by atoms with Gasteiger partial charge in [0.2, 0.25) is 0 Å². The molecule has 1 aliphatic rings. The van der Waals surface area contributed by atoms with E-state index >= 15 is 0 Å². The van der Waals surface area contributed by atoms with Gasteiger partial charge in [0.15, 0.2) is 0 Å². The maximum Gasteiger partial charge on any atom is 0.293 e. The number of carbonyl (C=O) groups excluding carboxylic acids is 2. The summed E-state index contributed by atoms with van der Waals surface area (Å²) in [6.45, 7) is 4.54. The molecule has 2 heterocycles. The van der Waals surface area contributed by atoms with Crippen molar-refractivity contribution in [3.8, 4) is 5.69 Å². The molecular weight excluding hydrogens is 519 g/mol. The first-order valence-corrected chi connectivity index (χ1v) is 12.1. The van der Waals surface area contributed by atoms with E-state index in [9.17, 15) is 9.59 Å². The highest BCUT2D eigenvalue weighted by Crippen LogP contribution is 2.34. The number of nitrogens with zero attached hydrogens (tertiary/aromatic N) is 2. The smallest absolute Gasteiger partial charge is 0.293 e. The standard InChI is InChI=1S/C25H23IN2O2S/c1-17-15-20(18(2)28(17)22-12-10-21(26)11-13-22)16-23-24(29)27(25(30)31-23)14-6-9-19-7-4-3-5-8-19/h3-5,7-8,10-13,15-16H,6,9,14H2,1-2H3/b23-16-. The molecule has 3 aromatic rings. The largest absolute Gasteiger partial charge is 0.318 e. The predicted molar refractivity (Wildman–Crippen MR) is 135 cm³/mol. The van der Waals surface area contributed by atoms with Crippen LogP contribution in [0.15, 0.2) is 65.6 Å².